The summed E-state index contributed by atoms with van der Waals surface area (Å²) in [6, 6.07) is 4.27. The summed E-state index contributed by atoms with van der Waals surface area (Å²) >= 11 is 0. The van der Waals surface area contributed by atoms with Gasteiger partial charge in [0.25, 0.3) is 17.7 Å². The summed E-state index contributed by atoms with van der Waals surface area (Å²) in [5.41, 5.74) is 0.448. The van der Waals surface area contributed by atoms with E-state index in [9.17, 15) is 24.0 Å². The Hall–Kier alpha value is -3.23. The molecule has 0 spiro atoms. The number of hydrogen-bond acceptors (Lipinski definition) is 6. The van der Waals surface area contributed by atoms with E-state index in [4.69, 9.17) is 4.74 Å². The number of hydrogen-bond donors (Lipinski definition) is 2. The minimum absolute atomic E-state index is 0.0255. The predicted octanol–water partition coefficient (Wildman–Crippen LogP) is 1.47. The molecule has 1 aliphatic rings. The Balaban J connectivity index is 2.08. The number of esters is 1. The molecule has 5 amide bonds. The zero-order valence-electron chi connectivity index (χ0n) is 16.9. The van der Waals surface area contributed by atoms with Crippen molar-refractivity contribution in [2.75, 3.05) is 6.61 Å². The molecule has 2 rings (SSSR count). The summed E-state index contributed by atoms with van der Waals surface area (Å²) in [5.74, 6) is -2.87. The van der Waals surface area contributed by atoms with Gasteiger partial charge in [-0.05, 0) is 38.3 Å². The number of amides is 5. The molecule has 156 valence electrons. The smallest absolute Gasteiger partial charge is 0.329 e. The van der Waals surface area contributed by atoms with Crippen molar-refractivity contribution in [3.8, 4) is 0 Å². The molecule has 0 aromatic heterocycles. The molecule has 9 heteroatoms. The molecule has 1 atom stereocenters. The van der Waals surface area contributed by atoms with Crippen LogP contribution in [0.5, 0.6) is 0 Å². The number of benzene rings is 1. The van der Waals surface area contributed by atoms with Crippen molar-refractivity contribution >= 4 is 29.7 Å². The lowest BCUT2D eigenvalue weighted by Crippen LogP contribution is -2.48. The highest BCUT2D eigenvalue weighted by Gasteiger charge is 2.43. The Labute approximate surface area is 168 Å². The first-order chi connectivity index (χ1) is 13.6. The SMILES string of the molecule is CC(C)CC(C(=O)OCC(=O)NC(=O)NC(C)C)N1C(=O)c2ccccc2C1=O. The van der Waals surface area contributed by atoms with Gasteiger partial charge in [-0.3, -0.25) is 24.6 Å². The number of fused-ring (bicyclic) bond motifs is 1. The molecule has 1 aliphatic heterocycles. The highest BCUT2D eigenvalue weighted by molar-refractivity contribution is 6.22. The number of rotatable bonds is 7. The van der Waals surface area contributed by atoms with E-state index < -0.39 is 42.4 Å². The number of imide groups is 2. The molecule has 1 heterocycles. The molecule has 0 saturated carbocycles. The zero-order chi connectivity index (χ0) is 21.7. The maximum absolute atomic E-state index is 12.7. The highest BCUT2D eigenvalue weighted by atomic mass is 16.5. The summed E-state index contributed by atoms with van der Waals surface area (Å²) in [6.45, 7) is 6.41. The van der Waals surface area contributed by atoms with Crippen molar-refractivity contribution in [3.05, 3.63) is 35.4 Å². The Bertz CT molecular complexity index is 798. The van der Waals surface area contributed by atoms with E-state index in [2.05, 4.69) is 5.32 Å². The van der Waals surface area contributed by atoms with Crippen molar-refractivity contribution < 1.29 is 28.7 Å². The van der Waals surface area contributed by atoms with E-state index in [0.717, 1.165) is 4.90 Å². The number of ether oxygens (including phenoxy) is 1. The zero-order valence-corrected chi connectivity index (χ0v) is 16.9. The highest BCUT2D eigenvalue weighted by Crippen LogP contribution is 2.27. The Morgan fingerprint density at radius 2 is 1.55 bits per heavy atom. The third kappa shape index (κ3) is 5.40. The fourth-order valence-corrected chi connectivity index (χ4v) is 2.94. The van der Waals surface area contributed by atoms with Gasteiger partial charge in [-0.1, -0.05) is 26.0 Å². The van der Waals surface area contributed by atoms with Gasteiger partial charge in [-0.2, -0.15) is 0 Å². The van der Waals surface area contributed by atoms with Crippen molar-refractivity contribution in [2.45, 2.75) is 46.2 Å². The molecular formula is C20H25N3O6. The molecule has 2 N–H and O–H groups in total. The first kappa shape index (κ1) is 22.1. The molecular weight excluding hydrogens is 378 g/mol. The minimum Gasteiger partial charge on any atom is -0.454 e. The van der Waals surface area contributed by atoms with Gasteiger partial charge in [0.15, 0.2) is 6.61 Å². The van der Waals surface area contributed by atoms with Crippen molar-refractivity contribution in [1.82, 2.24) is 15.5 Å². The summed E-state index contributed by atoms with van der Waals surface area (Å²) < 4.78 is 5.00. The largest absolute Gasteiger partial charge is 0.454 e. The molecule has 1 aromatic carbocycles. The van der Waals surface area contributed by atoms with Gasteiger partial charge >= 0.3 is 12.0 Å². The Morgan fingerprint density at radius 1 is 1.00 bits per heavy atom. The number of nitrogens with zero attached hydrogens (tertiary/aromatic N) is 1. The molecule has 0 radical (unpaired) electrons. The second-order valence-electron chi connectivity index (χ2n) is 7.46. The van der Waals surface area contributed by atoms with Gasteiger partial charge in [0, 0.05) is 6.04 Å². The summed E-state index contributed by atoms with van der Waals surface area (Å²) in [7, 11) is 0. The van der Waals surface area contributed by atoms with Crippen LogP contribution in [0.1, 0.15) is 54.8 Å². The fraction of sp³-hybridized carbons (Fsp3) is 0.450. The topological polar surface area (TPSA) is 122 Å². The van der Waals surface area contributed by atoms with E-state index >= 15 is 0 Å². The molecule has 9 nitrogen and oxygen atoms in total. The van der Waals surface area contributed by atoms with Crippen LogP contribution in [0.15, 0.2) is 24.3 Å². The Morgan fingerprint density at radius 3 is 2.03 bits per heavy atom. The number of carbonyl (C=O) groups is 5. The normalized spacial score (nSPS) is 14.1. The summed E-state index contributed by atoms with van der Waals surface area (Å²) in [4.78, 5) is 62.2. The van der Waals surface area contributed by atoms with E-state index in [-0.39, 0.29) is 29.5 Å². The van der Waals surface area contributed by atoms with E-state index in [0.29, 0.717) is 0 Å². The maximum Gasteiger partial charge on any atom is 0.329 e. The van der Waals surface area contributed by atoms with Gasteiger partial charge in [0.05, 0.1) is 11.1 Å². The van der Waals surface area contributed by atoms with Gasteiger partial charge in [-0.25, -0.2) is 9.59 Å². The van der Waals surface area contributed by atoms with Crippen LogP contribution in [0, 0.1) is 5.92 Å². The van der Waals surface area contributed by atoms with Gasteiger partial charge < -0.3 is 10.1 Å². The van der Waals surface area contributed by atoms with Crippen molar-refractivity contribution in [3.63, 3.8) is 0 Å². The van der Waals surface area contributed by atoms with Crippen LogP contribution >= 0.6 is 0 Å². The number of nitrogens with one attached hydrogen (secondary N) is 2. The van der Waals surface area contributed by atoms with Crippen LogP contribution in [-0.2, 0) is 14.3 Å². The monoisotopic (exact) mass is 403 g/mol. The molecule has 29 heavy (non-hydrogen) atoms. The van der Waals surface area contributed by atoms with Gasteiger partial charge in [0.2, 0.25) is 0 Å². The first-order valence-electron chi connectivity index (χ1n) is 9.35. The average Bonchev–Trinajstić information content (AvgIpc) is 2.88. The number of carbonyl (C=O) groups excluding carboxylic acids is 5. The average molecular weight is 403 g/mol. The van der Waals surface area contributed by atoms with Crippen LogP contribution in [0.2, 0.25) is 0 Å². The second kappa shape index (κ2) is 9.31. The van der Waals surface area contributed by atoms with Crippen LogP contribution in [0.3, 0.4) is 0 Å². The van der Waals surface area contributed by atoms with Crippen LogP contribution in [0.4, 0.5) is 4.79 Å². The molecule has 0 fully saturated rings. The molecule has 1 aromatic rings. The lowest BCUT2D eigenvalue weighted by molar-refractivity contribution is -0.152. The van der Waals surface area contributed by atoms with Crippen LogP contribution in [-0.4, -0.2) is 53.3 Å². The molecule has 1 unspecified atom stereocenters. The quantitative estimate of drug-likeness (QED) is 0.525. The van der Waals surface area contributed by atoms with Gasteiger partial charge in [0.1, 0.15) is 6.04 Å². The molecule has 0 bridgehead atoms. The van der Waals surface area contributed by atoms with Gasteiger partial charge in [-0.15, -0.1) is 0 Å². The number of urea groups is 1. The third-order valence-corrected chi connectivity index (χ3v) is 4.12. The van der Waals surface area contributed by atoms with Crippen LogP contribution < -0.4 is 10.6 Å². The van der Waals surface area contributed by atoms with E-state index in [1.54, 1.807) is 26.0 Å². The summed E-state index contributed by atoms with van der Waals surface area (Å²) in [6.07, 6.45) is 0.180. The Kier molecular flexibility index (Phi) is 7.08. The molecule has 0 saturated heterocycles. The van der Waals surface area contributed by atoms with Crippen molar-refractivity contribution in [1.29, 1.82) is 0 Å². The second-order valence-corrected chi connectivity index (χ2v) is 7.46. The third-order valence-electron chi connectivity index (χ3n) is 4.12. The lowest BCUT2D eigenvalue weighted by atomic mass is 10.0. The van der Waals surface area contributed by atoms with E-state index in [1.165, 1.54) is 12.1 Å². The van der Waals surface area contributed by atoms with Crippen LogP contribution in [0.25, 0.3) is 0 Å². The first-order valence-corrected chi connectivity index (χ1v) is 9.35. The predicted molar refractivity (Wildman–Crippen MR) is 103 cm³/mol. The fourth-order valence-electron chi connectivity index (χ4n) is 2.94. The molecule has 0 aliphatic carbocycles. The van der Waals surface area contributed by atoms with Crippen molar-refractivity contribution in [2.24, 2.45) is 5.92 Å². The lowest BCUT2D eigenvalue weighted by Gasteiger charge is -2.25. The van der Waals surface area contributed by atoms with E-state index in [1.807, 2.05) is 19.2 Å². The maximum atomic E-state index is 12.7. The minimum atomic E-state index is -1.17. The standard InChI is InChI=1S/C20H25N3O6/c1-11(2)9-15(19(27)29-10-16(24)22-20(28)21-12(3)4)23-17(25)13-7-5-6-8-14(13)18(23)26/h5-8,11-12,15H,9-10H2,1-4H3,(H2,21,22,24,28). The summed E-state index contributed by atoms with van der Waals surface area (Å²) in [5, 5.41) is 4.50.